The number of guanidine groups is 1. The van der Waals surface area contributed by atoms with Crippen molar-refractivity contribution in [2.75, 3.05) is 44.7 Å². The number of hydrogen-bond donors (Lipinski definition) is 3. The van der Waals surface area contributed by atoms with Gasteiger partial charge in [-0.3, -0.25) is 9.79 Å². The predicted molar refractivity (Wildman–Crippen MR) is 139 cm³/mol. The van der Waals surface area contributed by atoms with Crippen LogP contribution in [0.15, 0.2) is 46.8 Å². The first-order valence-corrected chi connectivity index (χ1v) is 11.3. The highest BCUT2D eigenvalue weighted by Gasteiger charge is 2.25. The van der Waals surface area contributed by atoms with E-state index in [0.29, 0.717) is 19.1 Å². The number of rotatable bonds is 9. The molecule has 1 aliphatic heterocycles. The summed E-state index contributed by atoms with van der Waals surface area (Å²) in [5.41, 5.74) is 1.13. The van der Waals surface area contributed by atoms with Gasteiger partial charge in [0.2, 0.25) is 0 Å². The fourth-order valence-corrected chi connectivity index (χ4v) is 4.11. The summed E-state index contributed by atoms with van der Waals surface area (Å²) in [6.45, 7) is 6.03. The summed E-state index contributed by atoms with van der Waals surface area (Å²) in [4.78, 5) is 19.7. The second-order valence-electron chi connectivity index (χ2n) is 7.10. The Kier molecular flexibility index (Phi) is 10.9. The van der Waals surface area contributed by atoms with Crippen LogP contribution in [0.1, 0.15) is 29.4 Å². The van der Waals surface area contributed by atoms with Crippen LogP contribution in [0.3, 0.4) is 0 Å². The van der Waals surface area contributed by atoms with Gasteiger partial charge in [-0.25, -0.2) is 0 Å². The maximum absolute atomic E-state index is 12.0. The molecule has 0 saturated carbocycles. The number of hydrogen-bond acceptors (Lipinski definition) is 5. The molecule has 1 amide bonds. The fourth-order valence-electron chi connectivity index (χ4n) is 3.47. The van der Waals surface area contributed by atoms with E-state index >= 15 is 0 Å². The van der Waals surface area contributed by atoms with Crippen molar-refractivity contribution in [1.82, 2.24) is 16.0 Å². The molecule has 1 unspecified atom stereocenters. The number of methoxy groups -OCH3 is 1. The molecule has 1 saturated heterocycles. The van der Waals surface area contributed by atoms with Crippen LogP contribution in [0.5, 0.6) is 5.75 Å². The first kappa shape index (κ1) is 25.3. The van der Waals surface area contributed by atoms with Crippen LogP contribution in [0.2, 0.25) is 0 Å². The van der Waals surface area contributed by atoms with Gasteiger partial charge in [0.1, 0.15) is 5.75 Å². The third-order valence-corrected chi connectivity index (χ3v) is 5.80. The molecule has 1 fully saturated rings. The lowest BCUT2D eigenvalue weighted by molar-refractivity contribution is 0.0957. The molecule has 0 bridgehead atoms. The van der Waals surface area contributed by atoms with Crippen LogP contribution in [0.25, 0.3) is 0 Å². The summed E-state index contributed by atoms with van der Waals surface area (Å²) in [7, 11) is 1.71. The van der Waals surface area contributed by atoms with Crippen LogP contribution in [-0.2, 0) is 0 Å². The van der Waals surface area contributed by atoms with Crippen molar-refractivity contribution in [2.45, 2.75) is 25.8 Å². The summed E-state index contributed by atoms with van der Waals surface area (Å²) in [6.07, 6.45) is 1.84. The van der Waals surface area contributed by atoms with E-state index in [-0.39, 0.29) is 29.9 Å². The molecule has 1 aromatic heterocycles. The Balaban J connectivity index is 0.00000341. The monoisotopic (exact) mass is 557 g/mol. The quantitative estimate of drug-likeness (QED) is 0.191. The van der Waals surface area contributed by atoms with Gasteiger partial charge in [0, 0.05) is 38.8 Å². The number of carbonyl (C=O) groups excluding carboxylic acids is 1. The molecule has 7 nitrogen and oxygen atoms in total. The second-order valence-corrected chi connectivity index (χ2v) is 8.04. The van der Waals surface area contributed by atoms with E-state index in [4.69, 9.17) is 4.74 Å². The van der Waals surface area contributed by atoms with Gasteiger partial charge >= 0.3 is 0 Å². The minimum Gasteiger partial charge on any atom is -0.495 e. The number of halogens is 1. The normalized spacial score (nSPS) is 15.9. The number of ether oxygens (including phenoxy) is 1. The van der Waals surface area contributed by atoms with Crippen molar-refractivity contribution in [2.24, 2.45) is 4.99 Å². The molecule has 0 aliphatic carbocycles. The summed E-state index contributed by atoms with van der Waals surface area (Å²) in [5.74, 6) is 1.72. The molecule has 31 heavy (non-hydrogen) atoms. The molecule has 3 N–H and O–H groups in total. The van der Waals surface area contributed by atoms with Gasteiger partial charge in [-0.1, -0.05) is 18.2 Å². The lowest BCUT2D eigenvalue weighted by Gasteiger charge is -2.22. The Hall–Kier alpha value is -2.01. The van der Waals surface area contributed by atoms with Crippen molar-refractivity contribution in [3.63, 3.8) is 0 Å². The lowest BCUT2D eigenvalue weighted by atomic mass is 10.2. The van der Waals surface area contributed by atoms with E-state index in [1.807, 2.05) is 35.7 Å². The highest BCUT2D eigenvalue weighted by atomic mass is 127. The number of benzene rings is 1. The molecule has 1 aromatic carbocycles. The van der Waals surface area contributed by atoms with Gasteiger partial charge < -0.3 is 25.6 Å². The molecule has 170 valence electrons. The lowest BCUT2D eigenvalue weighted by Crippen LogP contribution is -2.44. The van der Waals surface area contributed by atoms with Gasteiger partial charge in [-0.05, 0) is 43.3 Å². The van der Waals surface area contributed by atoms with Gasteiger partial charge in [0.15, 0.2) is 5.96 Å². The third-order valence-electron chi connectivity index (χ3n) is 4.93. The molecule has 0 radical (unpaired) electrons. The molecule has 9 heteroatoms. The zero-order chi connectivity index (χ0) is 21.2. The molecule has 1 atom stereocenters. The first-order valence-electron chi connectivity index (χ1n) is 10.5. The Morgan fingerprint density at radius 1 is 1.26 bits per heavy atom. The molecular formula is C22H32IN5O2S. The van der Waals surface area contributed by atoms with E-state index in [2.05, 4.69) is 38.8 Å². The van der Waals surface area contributed by atoms with Crippen molar-refractivity contribution in [1.29, 1.82) is 0 Å². The molecule has 1 aliphatic rings. The Morgan fingerprint density at radius 3 is 2.84 bits per heavy atom. The summed E-state index contributed by atoms with van der Waals surface area (Å²) in [5, 5.41) is 11.7. The predicted octanol–water partition coefficient (Wildman–Crippen LogP) is 3.33. The minimum atomic E-state index is -0.0126. The van der Waals surface area contributed by atoms with Crippen molar-refractivity contribution in [3.05, 3.63) is 46.7 Å². The van der Waals surface area contributed by atoms with Gasteiger partial charge in [-0.15, -0.1) is 35.3 Å². The molecular weight excluding hydrogens is 525 g/mol. The number of carbonyl (C=O) groups is 1. The highest BCUT2D eigenvalue weighted by molar-refractivity contribution is 14.0. The van der Waals surface area contributed by atoms with E-state index in [0.717, 1.165) is 54.7 Å². The summed E-state index contributed by atoms with van der Waals surface area (Å²) in [6, 6.07) is 12.2. The average molecular weight is 558 g/mol. The highest BCUT2D eigenvalue weighted by Crippen LogP contribution is 2.30. The van der Waals surface area contributed by atoms with E-state index < -0.39 is 0 Å². The second kappa shape index (κ2) is 13.4. The Morgan fingerprint density at radius 2 is 2.10 bits per heavy atom. The number of amides is 1. The Bertz CT molecular complexity index is 831. The molecule has 3 rings (SSSR count). The van der Waals surface area contributed by atoms with Crippen LogP contribution >= 0.6 is 35.3 Å². The summed E-state index contributed by atoms with van der Waals surface area (Å²) < 4.78 is 5.50. The standard InChI is InChI=1S/C22H31N5O2S.HI/c1-3-23-22(25-13-7-12-24-21(28)20-10-6-15-30-20)26-17-11-14-27(16-17)18-8-4-5-9-19(18)29-2;/h4-6,8-10,15,17H,3,7,11-14,16H2,1-2H3,(H,24,28)(H2,23,25,26);1H. The van der Waals surface area contributed by atoms with Crippen LogP contribution in [0.4, 0.5) is 5.69 Å². The van der Waals surface area contributed by atoms with Crippen LogP contribution in [-0.4, -0.2) is 57.7 Å². The van der Waals surface area contributed by atoms with E-state index in [1.54, 1.807) is 7.11 Å². The summed E-state index contributed by atoms with van der Waals surface area (Å²) >= 11 is 1.45. The molecule has 2 aromatic rings. The Labute approximate surface area is 205 Å². The van der Waals surface area contributed by atoms with Crippen LogP contribution in [0, 0.1) is 0 Å². The number of aliphatic imine (C=N–C) groups is 1. The van der Waals surface area contributed by atoms with Crippen molar-refractivity contribution >= 4 is 52.9 Å². The van der Waals surface area contributed by atoms with Crippen molar-refractivity contribution in [3.8, 4) is 5.75 Å². The van der Waals surface area contributed by atoms with Gasteiger partial charge in [-0.2, -0.15) is 0 Å². The largest absolute Gasteiger partial charge is 0.495 e. The van der Waals surface area contributed by atoms with E-state index in [1.165, 1.54) is 11.3 Å². The van der Waals surface area contributed by atoms with Crippen LogP contribution < -0.4 is 25.6 Å². The maximum Gasteiger partial charge on any atom is 0.261 e. The number of para-hydroxylation sites is 2. The zero-order valence-corrected chi connectivity index (χ0v) is 21.2. The number of nitrogens with one attached hydrogen (secondary N) is 3. The third kappa shape index (κ3) is 7.57. The maximum atomic E-state index is 12.0. The zero-order valence-electron chi connectivity index (χ0n) is 18.1. The number of anilines is 1. The number of nitrogens with zero attached hydrogens (tertiary/aromatic N) is 2. The van der Waals surface area contributed by atoms with Gasteiger partial charge in [0.05, 0.1) is 17.7 Å². The van der Waals surface area contributed by atoms with Gasteiger partial charge in [0.25, 0.3) is 5.91 Å². The smallest absolute Gasteiger partial charge is 0.261 e. The first-order chi connectivity index (χ1) is 14.7. The fraction of sp³-hybridized carbons (Fsp3) is 0.455. The molecule has 0 spiro atoms. The topological polar surface area (TPSA) is 78.0 Å². The minimum absolute atomic E-state index is 0. The van der Waals surface area contributed by atoms with E-state index in [9.17, 15) is 4.79 Å². The SMILES string of the molecule is CCNC(=NCCCNC(=O)c1cccs1)NC1CCN(c2ccccc2OC)C1.I. The molecule has 2 heterocycles. The van der Waals surface area contributed by atoms with Crippen molar-refractivity contribution < 1.29 is 9.53 Å². The number of thiophene rings is 1. The average Bonchev–Trinajstić information content (AvgIpc) is 3.46.